The molecule has 6 nitrogen and oxygen atoms in total. The molecule has 0 radical (unpaired) electrons. The van der Waals surface area contributed by atoms with Crippen molar-refractivity contribution in [3.05, 3.63) is 36.5 Å². The first kappa shape index (κ1) is 69.6. The number of hydrogen-bond acceptors (Lipinski definition) is 6. The van der Waals surface area contributed by atoms with E-state index in [2.05, 4.69) is 57.2 Å². The third-order valence-electron chi connectivity index (χ3n) is 14.4. The van der Waals surface area contributed by atoms with Gasteiger partial charge < -0.3 is 14.2 Å². The maximum absolute atomic E-state index is 12.8. The summed E-state index contributed by atoms with van der Waals surface area (Å²) in [7, 11) is 0. The highest BCUT2D eigenvalue weighted by molar-refractivity contribution is 5.71. The predicted octanol–water partition coefficient (Wildman–Crippen LogP) is 21.6. The molecule has 422 valence electrons. The maximum atomic E-state index is 12.8. The molecule has 0 saturated carbocycles. The largest absolute Gasteiger partial charge is 0.462 e. The van der Waals surface area contributed by atoms with Crippen LogP contribution in [0.1, 0.15) is 348 Å². The summed E-state index contributed by atoms with van der Waals surface area (Å²) in [6.45, 7) is 6.64. The Labute approximate surface area is 448 Å². The van der Waals surface area contributed by atoms with Crippen LogP contribution in [0.4, 0.5) is 0 Å². The first-order valence-corrected chi connectivity index (χ1v) is 32.0. The van der Waals surface area contributed by atoms with Crippen molar-refractivity contribution in [2.75, 3.05) is 13.2 Å². The number of ether oxygens (including phenoxy) is 3. The van der Waals surface area contributed by atoms with E-state index in [0.717, 1.165) is 70.6 Å². The lowest BCUT2D eigenvalue weighted by Gasteiger charge is -2.18. The fraction of sp³-hybridized carbons (Fsp3) is 0.864. The van der Waals surface area contributed by atoms with E-state index in [-0.39, 0.29) is 31.1 Å². The third-order valence-corrected chi connectivity index (χ3v) is 14.4. The fourth-order valence-corrected chi connectivity index (χ4v) is 9.53. The molecule has 0 aliphatic heterocycles. The Kier molecular flexibility index (Phi) is 59.2. The molecule has 0 fully saturated rings. The zero-order chi connectivity index (χ0) is 52.2. The lowest BCUT2D eigenvalue weighted by atomic mass is 10.0. The fourth-order valence-electron chi connectivity index (χ4n) is 9.53. The minimum atomic E-state index is -0.771. The minimum absolute atomic E-state index is 0.0696. The Morgan fingerprint density at radius 1 is 0.278 bits per heavy atom. The van der Waals surface area contributed by atoms with Crippen LogP contribution < -0.4 is 0 Å². The molecule has 0 spiro atoms. The van der Waals surface area contributed by atoms with Crippen molar-refractivity contribution >= 4 is 17.9 Å². The van der Waals surface area contributed by atoms with Gasteiger partial charge >= 0.3 is 17.9 Å². The summed E-state index contributed by atoms with van der Waals surface area (Å²) in [5, 5.41) is 0. The normalized spacial score (nSPS) is 12.2. The Morgan fingerprint density at radius 3 is 0.806 bits per heavy atom. The molecule has 0 bridgehead atoms. The van der Waals surface area contributed by atoms with E-state index < -0.39 is 6.10 Å². The average molecular weight is 1010 g/mol. The number of esters is 3. The summed E-state index contributed by atoms with van der Waals surface area (Å²) < 4.78 is 16.9. The lowest BCUT2D eigenvalue weighted by Crippen LogP contribution is -2.30. The molecule has 0 heterocycles. The highest BCUT2D eigenvalue weighted by atomic mass is 16.6. The summed E-state index contributed by atoms with van der Waals surface area (Å²) in [5.74, 6) is -0.858. The second-order valence-corrected chi connectivity index (χ2v) is 21.7. The number of hydrogen-bond donors (Lipinski definition) is 0. The van der Waals surface area contributed by atoms with Gasteiger partial charge in [-0.3, -0.25) is 14.4 Å². The van der Waals surface area contributed by atoms with Crippen molar-refractivity contribution in [1.82, 2.24) is 0 Å². The van der Waals surface area contributed by atoms with Gasteiger partial charge in [0.25, 0.3) is 0 Å². The summed E-state index contributed by atoms with van der Waals surface area (Å²) >= 11 is 0. The monoisotopic (exact) mass is 1010 g/mol. The Bertz CT molecular complexity index is 1210. The molecule has 0 aliphatic rings. The average Bonchev–Trinajstić information content (AvgIpc) is 3.38. The Hall–Kier alpha value is -2.37. The quantitative estimate of drug-likeness (QED) is 0.0261. The Balaban J connectivity index is 4.12. The molecular formula is C66H122O6. The van der Waals surface area contributed by atoms with Crippen molar-refractivity contribution in [2.45, 2.75) is 354 Å². The Morgan fingerprint density at radius 2 is 0.500 bits per heavy atom. The number of allylic oxidation sites excluding steroid dienone is 6. The molecule has 0 aromatic carbocycles. The zero-order valence-corrected chi connectivity index (χ0v) is 48.5. The van der Waals surface area contributed by atoms with Crippen LogP contribution in [0.15, 0.2) is 36.5 Å². The molecule has 0 rings (SSSR count). The van der Waals surface area contributed by atoms with Crippen molar-refractivity contribution in [1.29, 1.82) is 0 Å². The van der Waals surface area contributed by atoms with E-state index in [1.165, 1.54) is 238 Å². The molecule has 0 aromatic heterocycles. The lowest BCUT2D eigenvalue weighted by molar-refractivity contribution is -0.167. The summed E-state index contributed by atoms with van der Waals surface area (Å²) in [4.78, 5) is 38.2. The smallest absolute Gasteiger partial charge is 0.306 e. The van der Waals surface area contributed by atoms with Gasteiger partial charge in [0.2, 0.25) is 0 Å². The van der Waals surface area contributed by atoms with Gasteiger partial charge in [0.15, 0.2) is 6.10 Å². The van der Waals surface area contributed by atoms with Gasteiger partial charge in [-0.1, -0.05) is 288 Å². The molecule has 0 aromatic rings. The zero-order valence-electron chi connectivity index (χ0n) is 48.5. The maximum Gasteiger partial charge on any atom is 0.306 e. The van der Waals surface area contributed by atoms with E-state index in [9.17, 15) is 14.4 Å². The van der Waals surface area contributed by atoms with E-state index in [0.29, 0.717) is 19.3 Å². The van der Waals surface area contributed by atoms with Gasteiger partial charge in [0.05, 0.1) is 0 Å². The first-order chi connectivity index (χ1) is 35.5. The number of rotatable bonds is 59. The highest BCUT2D eigenvalue weighted by Crippen LogP contribution is 2.17. The molecule has 1 unspecified atom stereocenters. The van der Waals surface area contributed by atoms with Crippen LogP contribution >= 0.6 is 0 Å². The third kappa shape index (κ3) is 58.5. The van der Waals surface area contributed by atoms with Crippen molar-refractivity contribution in [3.63, 3.8) is 0 Å². The van der Waals surface area contributed by atoms with Gasteiger partial charge in [0, 0.05) is 19.3 Å². The molecule has 72 heavy (non-hydrogen) atoms. The number of unbranched alkanes of at least 4 members (excludes halogenated alkanes) is 42. The van der Waals surface area contributed by atoms with Crippen LogP contribution in [-0.4, -0.2) is 37.2 Å². The van der Waals surface area contributed by atoms with E-state index in [4.69, 9.17) is 14.2 Å². The molecular weight excluding hydrogens is 889 g/mol. The van der Waals surface area contributed by atoms with Gasteiger partial charge in [-0.25, -0.2) is 0 Å². The number of carbonyl (C=O) groups excluding carboxylic acids is 3. The van der Waals surface area contributed by atoms with Crippen molar-refractivity contribution < 1.29 is 28.6 Å². The van der Waals surface area contributed by atoms with Crippen LogP contribution in [0.3, 0.4) is 0 Å². The second-order valence-electron chi connectivity index (χ2n) is 21.7. The number of carbonyl (C=O) groups is 3. The van der Waals surface area contributed by atoms with Crippen molar-refractivity contribution in [3.8, 4) is 0 Å². The van der Waals surface area contributed by atoms with Crippen LogP contribution in [0.25, 0.3) is 0 Å². The first-order valence-electron chi connectivity index (χ1n) is 32.0. The summed E-state index contributed by atoms with van der Waals surface area (Å²) in [5.41, 5.74) is 0. The van der Waals surface area contributed by atoms with Gasteiger partial charge in [-0.15, -0.1) is 0 Å². The second kappa shape index (κ2) is 61.2. The molecule has 0 N–H and O–H groups in total. The van der Waals surface area contributed by atoms with Crippen molar-refractivity contribution in [2.24, 2.45) is 0 Å². The van der Waals surface area contributed by atoms with Gasteiger partial charge in [-0.2, -0.15) is 0 Å². The van der Waals surface area contributed by atoms with E-state index >= 15 is 0 Å². The molecule has 0 amide bonds. The SMILES string of the molecule is CCCCC/C=C\CCCCCCCC(=O)OCC(COC(=O)CCCCCCCCCCCCCCCCCCC/C=C\C/C=C\CCCCCCC)OC(=O)CCCCCCCCCCCCCCC. The van der Waals surface area contributed by atoms with Crippen LogP contribution in [-0.2, 0) is 28.6 Å². The molecule has 1 atom stereocenters. The standard InChI is InChI=1S/C66H122O6/c1-4-7-10-13-16-19-22-25-26-27-28-29-30-31-32-33-34-35-36-37-38-39-40-42-44-47-50-53-56-59-65(68)71-62-63(61-70-64(67)58-55-52-49-46-43-24-21-18-15-12-9-6-3)72-66(69)60-57-54-51-48-45-41-23-20-17-14-11-8-5-2/h18,21-22,25,27-28,63H,4-17,19-20,23-24,26,29-62H2,1-3H3/b21-18-,25-22-,28-27-. The van der Waals surface area contributed by atoms with Gasteiger partial charge in [0.1, 0.15) is 13.2 Å². The van der Waals surface area contributed by atoms with E-state index in [1.807, 2.05) is 0 Å². The van der Waals surface area contributed by atoms with Gasteiger partial charge in [-0.05, 0) is 77.0 Å². The summed E-state index contributed by atoms with van der Waals surface area (Å²) in [6, 6.07) is 0. The predicted molar refractivity (Wildman–Crippen MR) is 312 cm³/mol. The molecule has 0 aliphatic carbocycles. The van der Waals surface area contributed by atoms with Crippen LogP contribution in [0.2, 0.25) is 0 Å². The van der Waals surface area contributed by atoms with E-state index in [1.54, 1.807) is 0 Å². The summed E-state index contributed by atoms with van der Waals surface area (Å²) in [6.07, 6.45) is 74.5. The molecule has 6 heteroatoms. The molecule has 0 saturated heterocycles. The van der Waals surface area contributed by atoms with Crippen LogP contribution in [0.5, 0.6) is 0 Å². The topological polar surface area (TPSA) is 78.9 Å². The minimum Gasteiger partial charge on any atom is -0.462 e. The highest BCUT2D eigenvalue weighted by Gasteiger charge is 2.19. The van der Waals surface area contributed by atoms with Crippen LogP contribution in [0, 0.1) is 0 Å².